The lowest BCUT2D eigenvalue weighted by atomic mass is 10.1. The molecule has 0 aromatic rings. The van der Waals surface area contributed by atoms with Crippen LogP contribution in [0.15, 0.2) is 21.1 Å². The van der Waals surface area contributed by atoms with Crippen molar-refractivity contribution in [3.63, 3.8) is 0 Å². The van der Waals surface area contributed by atoms with E-state index in [4.69, 9.17) is 0 Å². The predicted molar refractivity (Wildman–Crippen MR) is 79.1 cm³/mol. The molecule has 1 heterocycles. The fourth-order valence-electron chi connectivity index (χ4n) is 2.13. The van der Waals surface area contributed by atoms with Crippen molar-refractivity contribution in [2.45, 2.75) is 37.7 Å². The van der Waals surface area contributed by atoms with E-state index < -0.39 is 38.8 Å². The second-order valence-electron chi connectivity index (χ2n) is 4.77. The van der Waals surface area contributed by atoms with Crippen LogP contribution in [0.5, 0.6) is 0 Å². The van der Waals surface area contributed by atoms with Crippen molar-refractivity contribution >= 4 is 23.5 Å². The molecule has 0 N–H and O–H groups in total. The van der Waals surface area contributed by atoms with Crippen LogP contribution in [0, 0.1) is 11.3 Å². The molecule has 10 heteroatoms. The molecule has 1 rings (SSSR count). The minimum absolute atomic E-state index is 0.143. The first-order valence-corrected chi connectivity index (χ1v) is 8.16. The SMILES string of the molecule is CC(=C(SC(F)(F)F)SC(F)(F)F)/C(C#N)=C(\C)N1CCCC1. The second-order valence-corrected chi connectivity index (χ2v) is 7.18. The van der Waals surface area contributed by atoms with Gasteiger partial charge in [0.05, 0.1) is 9.81 Å². The average molecular weight is 376 g/mol. The Hall–Kier alpha value is -0.950. The van der Waals surface area contributed by atoms with Gasteiger partial charge in [-0.1, -0.05) is 0 Å². The van der Waals surface area contributed by atoms with Gasteiger partial charge in [-0.2, -0.15) is 31.6 Å². The van der Waals surface area contributed by atoms with E-state index >= 15 is 0 Å². The van der Waals surface area contributed by atoms with Crippen molar-refractivity contribution < 1.29 is 26.3 Å². The van der Waals surface area contributed by atoms with E-state index in [0.717, 1.165) is 19.8 Å². The van der Waals surface area contributed by atoms with Gasteiger partial charge >= 0.3 is 11.0 Å². The zero-order valence-corrected chi connectivity index (χ0v) is 13.9. The largest absolute Gasteiger partial charge is 0.446 e. The van der Waals surface area contributed by atoms with Gasteiger partial charge in [0.25, 0.3) is 0 Å². The molecule has 0 bridgehead atoms. The van der Waals surface area contributed by atoms with Gasteiger partial charge in [0.15, 0.2) is 0 Å². The highest BCUT2D eigenvalue weighted by Gasteiger charge is 2.39. The highest BCUT2D eigenvalue weighted by atomic mass is 32.2. The van der Waals surface area contributed by atoms with Crippen molar-refractivity contribution in [2.24, 2.45) is 0 Å². The number of halogens is 6. The van der Waals surface area contributed by atoms with Crippen molar-refractivity contribution in [2.75, 3.05) is 13.1 Å². The summed E-state index contributed by atoms with van der Waals surface area (Å²) in [6.45, 7) is 3.93. The first-order chi connectivity index (χ1) is 10.4. The van der Waals surface area contributed by atoms with Crippen LogP contribution in [0.1, 0.15) is 26.7 Å². The maximum absolute atomic E-state index is 12.5. The van der Waals surface area contributed by atoms with Crippen LogP contribution in [0.3, 0.4) is 0 Å². The molecule has 0 amide bonds. The Morgan fingerprint density at radius 1 is 0.957 bits per heavy atom. The average Bonchev–Trinajstić information content (AvgIpc) is 2.88. The highest BCUT2D eigenvalue weighted by molar-refractivity contribution is 8.23. The molecule has 0 atom stereocenters. The molecule has 1 aliphatic heterocycles. The number of likely N-dealkylation sites (tertiary alicyclic amines) is 1. The normalized spacial score (nSPS) is 16.9. The van der Waals surface area contributed by atoms with E-state index in [-0.39, 0.29) is 11.1 Å². The molecule has 0 aromatic carbocycles. The van der Waals surface area contributed by atoms with Crippen LogP contribution in [0.2, 0.25) is 0 Å². The van der Waals surface area contributed by atoms with Crippen LogP contribution in [0.25, 0.3) is 0 Å². The summed E-state index contributed by atoms with van der Waals surface area (Å²) in [5, 5.41) is 9.22. The monoisotopic (exact) mass is 376 g/mol. The molecule has 0 unspecified atom stereocenters. The molecule has 0 aliphatic carbocycles. The number of thioether (sulfide) groups is 2. The van der Waals surface area contributed by atoms with Crippen LogP contribution in [0.4, 0.5) is 26.3 Å². The van der Waals surface area contributed by atoms with E-state index in [1.807, 2.05) is 0 Å². The maximum Gasteiger partial charge on any atom is 0.446 e. The molecule has 0 aromatic heterocycles. The second kappa shape index (κ2) is 7.75. The van der Waals surface area contributed by atoms with Gasteiger partial charge in [-0.15, -0.1) is 0 Å². The van der Waals surface area contributed by atoms with Gasteiger partial charge in [0, 0.05) is 18.8 Å². The third-order valence-electron chi connectivity index (χ3n) is 3.15. The van der Waals surface area contributed by atoms with E-state index in [2.05, 4.69) is 0 Å². The standard InChI is InChI=1S/C13H14F6N2S2/c1-8(10(7-20)9(2)21-5-3-4-6-21)11(22-12(14,15)16)23-13(17,18)19/h3-6H2,1-2H3/b10-9+. The van der Waals surface area contributed by atoms with Crippen LogP contribution in [-0.4, -0.2) is 29.0 Å². The van der Waals surface area contributed by atoms with Gasteiger partial charge in [0.1, 0.15) is 6.07 Å². The Labute approximate surface area is 138 Å². The molecule has 2 nitrogen and oxygen atoms in total. The lowest BCUT2D eigenvalue weighted by molar-refractivity contribution is -0.0328. The lowest BCUT2D eigenvalue weighted by Gasteiger charge is -2.21. The van der Waals surface area contributed by atoms with Gasteiger partial charge in [-0.3, -0.25) is 0 Å². The smallest absolute Gasteiger partial charge is 0.374 e. The number of allylic oxidation sites excluding steroid dienone is 3. The fourth-order valence-corrected chi connectivity index (χ4v) is 3.80. The van der Waals surface area contributed by atoms with Crippen molar-refractivity contribution in [3.8, 4) is 6.07 Å². The summed E-state index contributed by atoms with van der Waals surface area (Å²) in [4.78, 5) is 1.80. The van der Waals surface area contributed by atoms with E-state index in [1.54, 1.807) is 17.9 Å². The topological polar surface area (TPSA) is 27.0 Å². The lowest BCUT2D eigenvalue weighted by Crippen LogP contribution is -2.18. The molecule has 0 spiro atoms. The van der Waals surface area contributed by atoms with E-state index in [1.165, 1.54) is 0 Å². The summed E-state index contributed by atoms with van der Waals surface area (Å²) in [6.07, 6.45) is 1.75. The number of nitriles is 1. The Morgan fingerprint density at radius 2 is 1.39 bits per heavy atom. The minimum atomic E-state index is -4.86. The van der Waals surface area contributed by atoms with Gasteiger partial charge in [0.2, 0.25) is 0 Å². The summed E-state index contributed by atoms with van der Waals surface area (Å²) >= 11 is -1.68. The number of nitrogens with zero attached hydrogens (tertiary/aromatic N) is 2. The van der Waals surface area contributed by atoms with Gasteiger partial charge < -0.3 is 4.90 Å². The Bertz CT molecular complexity index is 518. The minimum Gasteiger partial charge on any atom is -0.374 e. The fraction of sp³-hybridized carbons (Fsp3) is 0.615. The zero-order valence-electron chi connectivity index (χ0n) is 12.3. The van der Waals surface area contributed by atoms with Crippen LogP contribution >= 0.6 is 23.5 Å². The van der Waals surface area contributed by atoms with Crippen molar-refractivity contribution in [3.05, 3.63) is 21.1 Å². The molecular weight excluding hydrogens is 362 g/mol. The predicted octanol–water partition coefficient (Wildman–Crippen LogP) is 5.62. The number of alkyl halides is 6. The molecule has 1 aliphatic rings. The Balaban J connectivity index is 3.29. The molecule has 0 radical (unpaired) electrons. The number of hydrogen-bond acceptors (Lipinski definition) is 4. The quantitative estimate of drug-likeness (QED) is 0.362. The third kappa shape index (κ3) is 6.59. The number of hydrogen-bond donors (Lipinski definition) is 0. The maximum atomic E-state index is 12.5. The van der Waals surface area contributed by atoms with E-state index in [9.17, 15) is 31.6 Å². The summed E-state index contributed by atoms with van der Waals surface area (Å²) in [5.74, 6) is 0. The molecule has 1 saturated heterocycles. The van der Waals surface area contributed by atoms with E-state index in [0.29, 0.717) is 18.8 Å². The third-order valence-corrected chi connectivity index (χ3v) is 5.10. The van der Waals surface area contributed by atoms with Crippen molar-refractivity contribution in [1.82, 2.24) is 4.90 Å². The summed E-state index contributed by atoms with van der Waals surface area (Å²) in [6, 6.07) is 1.75. The van der Waals surface area contributed by atoms with Crippen LogP contribution in [-0.2, 0) is 0 Å². The zero-order chi connectivity index (χ0) is 17.8. The molecule has 1 fully saturated rings. The van der Waals surface area contributed by atoms with Crippen LogP contribution < -0.4 is 0 Å². The first-order valence-electron chi connectivity index (χ1n) is 6.53. The van der Waals surface area contributed by atoms with Crippen molar-refractivity contribution in [1.29, 1.82) is 5.26 Å². The first kappa shape index (κ1) is 20.1. The summed E-state index contributed by atoms with van der Waals surface area (Å²) < 4.78 is 74.3. The molecule has 130 valence electrons. The number of rotatable bonds is 4. The highest BCUT2D eigenvalue weighted by Crippen LogP contribution is 2.50. The summed E-state index contributed by atoms with van der Waals surface area (Å²) in [7, 11) is 0. The van der Waals surface area contributed by atoms with Gasteiger partial charge in [-0.05, 0) is 55.8 Å². The molecule has 0 saturated carbocycles. The van der Waals surface area contributed by atoms with Gasteiger partial charge in [-0.25, -0.2) is 0 Å². The Morgan fingerprint density at radius 3 is 1.74 bits per heavy atom. The molecular formula is C13H14F6N2S2. The summed E-state index contributed by atoms with van der Waals surface area (Å²) in [5.41, 5.74) is -9.77. The molecule has 23 heavy (non-hydrogen) atoms. The Kier molecular flexibility index (Phi) is 6.77.